The summed E-state index contributed by atoms with van der Waals surface area (Å²) in [5, 5.41) is 6.10. The van der Waals surface area contributed by atoms with E-state index >= 15 is 0 Å². The second-order valence-electron chi connectivity index (χ2n) is 19.2. The van der Waals surface area contributed by atoms with Gasteiger partial charge >= 0.3 is 68.5 Å². The normalized spacial score (nSPS) is 17.2. The number of hydrogen-bond donors (Lipinski definition) is 8. The smallest absolute Gasteiger partial charge is 0.358 e. The molecule has 8 unspecified atom stereocenters. The van der Waals surface area contributed by atoms with E-state index in [-0.39, 0.29) is 21.7 Å². The zero-order valence-electron chi connectivity index (χ0n) is 44.8. The van der Waals surface area contributed by atoms with E-state index in [1.807, 2.05) is 243 Å². The van der Waals surface area contributed by atoms with Crippen LogP contribution in [0.5, 0.6) is 0 Å². The molecule has 0 aliphatic carbocycles. The molecule has 0 aliphatic rings. The average Bonchev–Trinajstić information content (AvgIpc) is 3.40. The van der Waals surface area contributed by atoms with E-state index in [4.69, 9.17) is 16.5 Å². The maximum absolute atomic E-state index is 10.6. The van der Waals surface area contributed by atoms with Gasteiger partial charge in [-0.15, -0.1) is 0 Å². The van der Waals surface area contributed by atoms with Crippen molar-refractivity contribution in [2.24, 2.45) is 0 Å². The van der Waals surface area contributed by atoms with Crippen LogP contribution in [-0.4, -0.2) is 107 Å². The standard InChI is InChI=1S/4C14H18O3Si2.Ti/c4*1-18(15,13-9-5-3-6-10-13)17-19(2,16)14-11-7-4-8-12-14;/h4*3-12,15-16H,1-2H3;. The van der Waals surface area contributed by atoms with Crippen molar-refractivity contribution in [3.63, 3.8) is 0 Å². The van der Waals surface area contributed by atoms with E-state index in [0.29, 0.717) is 0 Å². The first kappa shape index (κ1) is 65.2. The van der Waals surface area contributed by atoms with Crippen molar-refractivity contribution in [1.82, 2.24) is 0 Å². The van der Waals surface area contributed by atoms with Crippen LogP contribution < -0.4 is 41.5 Å². The van der Waals surface area contributed by atoms with Crippen LogP contribution in [0.2, 0.25) is 52.4 Å². The Hall–Kier alpha value is -4.27. The molecule has 0 fully saturated rings. The summed E-state index contributed by atoms with van der Waals surface area (Å²) in [6.45, 7) is 13.5. The van der Waals surface area contributed by atoms with Crippen LogP contribution in [-0.2, 0) is 38.2 Å². The molecule has 8 rings (SSSR count). The van der Waals surface area contributed by atoms with Gasteiger partial charge in [-0.2, -0.15) is 0 Å². The Bertz CT molecular complexity index is 2320. The summed E-state index contributed by atoms with van der Waals surface area (Å²) in [6, 6.07) is 74.2. The Kier molecular flexibility index (Phi) is 24.4. The number of rotatable bonds is 16. The van der Waals surface area contributed by atoms with Crippen molar-refractivity contribution >= 4 is 110 Å². The first-order valence-electron chi connectivity index (χ1n) is 24.7. The van der Waals surface area contributed by atoms with Gasteiger partial charge in [-0.25, -0.2) is 0 Å². The molecule has 0 saturated carbocycles. The molecule has 0 heterocycles. The van der Waals surface area contributed by atoms with E-state index in [0.717, 1.165) is 41.5 Å². The molecule has 8 N–H and O–H groups in total. The van der Waals surface area contributed by atoms with E-state index in [1.165, 1.54) is 0 Å². The monoisotopic (exact) mass is 1210 g/mol. The van der Waals surface area contributed by atoms with Crippen LogP contribution in [0.3, 0.4) is 0 Å². The molecule has 21 heteroatoms. The van der Waals surface area contributed by atoms with Crippen molar-refractivity contribution in [1.29, 1.82) is 0 Å². The third-order valence-electron chi connectivity index (χ3n) is 12.1. The van der Waals surface area contributed by atoms with E-state index in [2.05, 4.69) is 0 Å². The van der Waals surface area contributed by atoms with Gasteiger partial charge in [-0.05, 0) is 93.9 Å². The molecule has 77 heavy (non-hydrogen) atoms. The summed E-state index contributed by atoms with van der Waals surface area (Å²) >= 11 is 0. The summed E-state index contributed by atoms with van der Waals surface area (Å²) in [5.41, 5.74) is 0. The molecule has 404 valence electrons. The van der Waals surface area contributed by atoms with Crippen molar-refractivity contribution in [2.45, 2.75) is 52.4 Å². The van der Waals surface area contributed by atoms with Gasteiger partial charge in [0.15, 0.2) is 0 Å². The fourth-order valence-corrected chi connectivity index (χ4v) is 30.6. The van der Waals surface area contributed by atoms with Gasteiger partial charge in [-0.1, -0.05) is 243 Å². The fraction of sp³-hybridized carbons (Fsp3) is 0.143. The third kappa shape index (κ3) is 20.1. The molecular weight excluding hydrogens is 1140 g/mol. The largest absolute Gasteiger partial charge is 0.408 e. The molecule has 0 radical (unpaired) electrons. The molecule has 8 aromatic rings. The van der Waals surface area contributed by atoms with E-state index < -0.39 is 68.5 Å². The Balaban J connectivity index is 0.000000221. The van der Waals surface area contributed by atoms with Crippen molar-refractivity contribution in [3.8, 4) is 0 Å². The fourth-order valence-electron chi connectivity index (χ4n) is 8.00. The Labute approximate surface area is 478 Å². The maximum atomic E-state index is 10.6. The van der Waals surface area contributed by atoms with E-state index in [9.17, 15) is 38.4 Å². The predicted molar refractivity (Wildman–Crippen MR) is 324 cm³/mol. The molecule has 0 amide bonds. The molecule has 0 aliphatic heterocycles. The summed E-state index contributed by atoms with van der Waals surface area (Å²) in [6.07, 6.45) is 0. The summed E-state index contributed by atoms with van der Waals surface area (Å²) < 4.78 is 23.1. The quantitative estimate of drug-likeness (QED) is 0.0654. The maximum Gasteiger partial charge on any atom is 0.358 e. The minimum absolute atomic E-state index is 0. The van der Waals surface area contributed by atoms with Gasteiger partial charge < -0.3 is 54.8 Å². The number of benzene rings is 8. The third-order valence-corrected chi connectivity index (χ3v) is 36.0. The Morgan fingerprint density at radius 2 is 0.260 bits per heavy atom. The van der Waals surface area contributed by atoms with Crippen molar-refractivity contribution in [3.05, 3.63) is 243 Å². The Morgan fingerprint density at radius 1 is 0.182 bits per heavy atom. The second-order valence-corrected chi connectivity index (χ2v) is 42.8. The molecular formula is C56H72O12Si8Ti. The summed E-state index contributed by atoms with van der Waals surface area (Å²) in [4.78, 5) is 84.6. The summed E-state index contributed by atoms with van der Waals surface area (Å²) in [5.74, 6) is 0. The zero-order valence-corrected chi connectivity index (χ0v) is 54.4. The van der Waals surface area contributed by atoms with E-state index in [1.54, 1.807) is 52.4 Å². The summed E-state index contributed by atoms with van der Waals surface area (Å²) in [7, 11) is -24.7. The SMILES string of the molecule is C[Si](O)(O[Si](C)(O)c1ccccc1)c1ccccc1.C[Si](O)(O[Si](C)(O)c1ccccc1)c1ccccc1.C[Si](O)(O[Si](C)(O)c1ccccc1)c1ccccc1.C[Si](O)(O[Si](C)(O)c1ccccc1)c1ccccc1.[Ti]. The minimum Gasteiger partial charge on any atom is -0.408 e. The van der Waals surface area contributed by atoms with Crippen LogP contribution in [0, 0.1) is 0 Å². The Morgan fingerprint density at radius 3 is 0.338 bits per heavy atom. The van der Waals surface area contributed by atoms with Gasteiger partial charge in [0, 0.05) is 21.7 Å². The van der Waals surface area contributed by atoms with Gasteiger partial charge in [0.25, 0.3) is 0 Å². The van der Waals surface area contributed by atoms with Crippen LogP contribution in [0.15, 0.2) is 243 Å². The van der Waals surface area contributed by atoms with Crippen molar-refractivity contribution in [2.75, 3.05) is 0 Å². The topological polar surface area (TPSA) is 199 Å². The van der Waals surface area contributed by atoms with Crippen molar-refractivity contribution < 1.29 is 76.5 Å². The molecule has 12 nitrogen and oxygen atoms in total. The molecule has 0 aromatic heterocycles. The van der Waals surface area contributed by atoms with Crippen LogP contribution in [0.1, 0.15) is 0 Å². The molecule has 8 atom stereocenters. The zero-order chi connectivity index (χ0) is 55.7. The predicted octanol–water partition coefficient (Wildman–Crippen LogP) is 3.78. The second kappa shape index (κ2) is 28.7. The van der Waals surface area contributed by atoms with Crippen LogP contribution in [0.25, 0.3) is 0 Å². The van der Waals surface area contributed by atoms with Crippen LogP contribution in [0.4, 0.5) is 0 Å². The van der Waals surface area contributed by atoms with Gasteiger partial charge in [0.05, 0.1) is 0 Å². The molecule has 0 spiro atoms. The van der Waals surface area contributed by atoms with Gasteiger partial charge in [-0.3, -0.25) is 0 Å². The minimum atomic E-state index is -3.09. The molecule has 0 saturated heterocycles. The molecule has 0 bridgehead atoms. The van der Waals surface area contributed by atoms with Gasteiger partial charge in [0.1, 0.15) is 0 Å². The average molecular weight is 1210 g/mol. The van der Waals surface area contributed by atoms with Gasteiger partial charge in [0.2, 0.25) is 0 Å². The first-order valence-corrected chi connectivity index (χ1v) is 43.6. The molecule has 8 aromatic carbocycles. The first-order chi connectivity index (χ1) is 35.7. The van der Waals surface area contributed by atoms with Crippen LogP contribution >= 0.6 is 0 Å². The number of hydrogen-bond acceptors (Lipinski definition) is 12.